The first kappa shape index (κ1) is 40.3. The van der Waals surface area contributed by atoms with Gasteiger partial charge in [0.1, 0.15) is 0 Å². The summed E-state index contributed by atoms with van der Waals surface area (Å²) in [5, 5.41) is 0. The molecule has 5 nitrogen and oxygen atoms in total. The van der Waals surface area contributed by atoms with E-state index in [1.165, 1.54) is 0 Å². The Hall–Kier alpha value is -2.16. The first-order valence-electron chi connectivity index (χ1n) is 16.6. The minimum absolute atomic E-state index is 0. The van der Waals surface area contributed by atoms with E-state index in [0.717, 1.165) is 33.2 Å². The van der Waals surface area contributed by atoms with Crippen molar-refractivity contribution in [1.29, 1.82) is 0 Å². The van der Waals surface area contributed by atoms with Gasteiger partial charge in [-0.05, 0) is 116 Å². The summed E-state index contributed by atoms with van der Waals surface area (Å²) in [4.78, 5) is 0. The van der Waals surface area contributed by atoms with E-state index in [9.17, 15) is 0 Å². The zero-order valence-electron chi connectivity index (χ0n) is 31.0. The molecule has 0 saturated carbocycles. The van der Waals surface area contributed by atoms with Gasteiger partial charge in [0.2, 0.25) is 0 Å². The van der Waals surface area contributed by atoms with Gasteiger partial charge in [0, 0.05) is 23.2 Å². The van der Waals surface area contributed by atoms with Crippen LogP contribution in [-0.4, -0.2) is 48.3 Å². The van der Waals surface area contributed by atoms with Crippen LogP contribution in [0.5, 0.6) is 0 Å². The molecular formula is C40H54B2CoO5-. The topological polar surface area (TPSA) is 46.2 Å². The zero-order valence-corrected chi connectivity index (χ0v) is 32.0. The van der Waals surface area contributed by atoms with E-state index in [4.69, 9.17) is 23.4 Å². The van der Waals surface area contributed by atoms with Crippen molar-refractivity contribution < 1.29 is 40.1 Å². The van der Waals surface area contributed by atoms with Crippen molar-refractivity contribution in [2.75, 3.05) is 0 Å². The fraction of sp³-hybridized carbons (Fsp3) is 0.450. The van der Waals surface area contributed by atoms with Gasteiger partial charge in [0.15, 0.2) is 0 Å². The van der Waals surface area contributed by atoms with E-state index in [-0.39, 0.29) is 30.3 Å². The van der Waals surface area contributed by atoms with Gasteiger partial charge in [-0.25, -0.2) is 0 Å². The number of hydrogen-bond donors (Lipinski definition) is 0. The predicted octanol–water partition coefficient (Wildman–Crippen LogP) is 9.51. The third-order valence-corrected chi connectivity index (χ3v) is 9.83. The molecule has 2 aliphatic carbocycles. The summed E-state index contributed by atoms with van der Waals surface area (Å²) < 4.78 is 34.0. The molecule has 6 rings (SSSR count). The third kappa shape index (κ3) is 8.40. The Bertz CT molecular complexity index is 1480. The molecule has 2 aliphatic heterocycles. The second-order valence-electron chi connectivity index (χ2n) is 15.5. The molecule has 2 aromatic rings. The molecule has 0 bridgehead atoms. The molecule has 8 heteroatoms. The van der Waals surface area contributed by atoms with E-state index in [2.05, 4.69) is 125 Å². The van der Waals surface area contributed by atoms with E-state index < -0.39 is 42.2 Å². The number of hydrogen-bond acceptors (Lipinski definition) is 5. The molecule has 1 atom stereocenters. The quantitative estimate of drug-likeness (QED) is 0.231. The summed E-state index contributed by atoms with van der Waals surface area (Å²) in [5.74, 6) is 0. The van der Waals surface area contributed by atoms with Crippen molar-refractivity contribution in [1.82, 2.24) is 0 Å². The average Bonchev–Trinajstić information content (AvgIpc) is 3.66. The minimum atomic E-state index is -0.616. The van der Waals surface area contributed by atoms with E-state index in [0.29, 0.717) is 6.42 Å². The molecule has 2 aromatic carbocycles. The molecule has 48 heavy (non-hydrogen) atoms. The smallest absolute Gasteiger partial charge is 0.400 e. The summed E-state index contributed by atoms with van der Waals surface area (Å²) in [6.07, 6.45) is 10.3. The van der Waals surface area contributed by atoms with E-state index in [1.807, 2.05) is 42.9 Å². The van der Waals surface area contributed by atoms with Crippen molar-refractivity contribution >= 4 is 25.4 Å². The van der Waals surface area contributed by atoms with Crippen molar-refractivity contribution in [3.05, 3.63) is 121 Å². The Kier molecular flexibility index (Phi) is 12.6. The van der Waals surface area contributed by atoms with Gasteiger partial charge in [0.25, 0.3) is 0 Å². The predicted molar refractivity (Wildman–Crippen MR) is 197 cm³/mol. The number of ether oxygens (including phenoxy) is 1. The molecule has 2 heterocycles. The maximum absolute atomic E-state index is 6.90. The standard InChI is InChI=1S/C34H46B2O5.C5H5.CH3.Co/c1-30(2,3)37-26-22-25(35-38-31(4,5)32(6,7)39-35)27(23-18-14-12-15-19-23)29(28(26)24-20-16-13-17-21-24)36-40-33(8,9)34(10,11)41-36;1-2-4-5-3-1;;/h12-21,26H,22H2,1-11H3;1-5H;1H3;/q;;-1;/t26-;;;/m1.../s1. The summed E-state index contributed by atoms with van der Waals surface area (Å²) in [6, 6.07) is 21.0. The van der Waals surface area contributed by atoms with Crippen LogP contribution in [0.3, 0.4) is 0 Å². The first-order chi connectivity index (χ1) is 21.4. The summed E-state index contributed by atoms with van der Waals surface area (Å²) in [5.41, 5.74) is 3.93. The maximum Gasteiger partial charge on any atom is 0.495 e. The van der Waals surface area contributed by atoms with Crippen LogP contribution in [0.15, 0.2) is 95.9 Å². The van der Waals surface area contributed by atoms with Crippen LogP contribution in [0.2, 0.25) is 0 Å². The molecule has 4 aliphatic rings. The van der Waals surface area contributed by atoms with E-state index >= 15 is 0 Å². The fourth-order valence-electron chi connectivity index (χ4n) is 6.04. The summed E-state index contributed by atoms with van der Waals surface area (Å²) >= 11 is 0. The second kappa shape index (κ2) is 15.0. The van der Waals surface area contributed by atoms with Crippen LogP contribution in [0, 0.1) is 13.8 Å². The molecule has 2 fully saturated rings. The van der Waals surface area contributed by atoms with Gasteiger partial charge in [-0.2, -0.15) is 0 Å². The number of benzene rings is 2. The number of allylic oxidation sites excluding steroid dienone is 6. The zero-order chi connectivity index (χ0) is 33.5. The molecule has 2 radical (unpaired) electrons. The van der Waals surface area contributed by atoms with Gasteiger partial charge in [-0.3, -0.25) is 0 Å². The van der Waals surface area contributed by atoms with Crippen molar-refractivity contribution in [3.8, 4) is 0 Å². The fourth-order valence-corrected chi connectivity index (χ4v) is 6.04. The Balaban J connectivity index is 0.000000818. The van der Waals surface area contributed by atoms with Gasteiger partial charge < -0.3 is 30.8 Å². The molecule has 0 aromatic heterocycles. The Morgan fingerprint density at radius 3 is 1.44 bits per heavy atom. The van der Waals surface area contributed by atoms with Crippen LogP contribution < -0.4 is 0 Å². The van der Waals surface area contributed by atoms with Gasteiger partial charge in [-0.1, -0.05) is 85.0 Å². The minimum Gasteiger partial charge on any atom is -0.400 e. The van der Waals surface area contributed by atoms with Gasteiger partial charge in [0.05, 0.1) is 34.1 Å². The summed E-state index contributed by atoms with van der Waals surface area (Å²) in [6.45, 7) is 23.1. The van der Waals surface area contributed by atoms with Crippen LogP contribution in [-0.2, 0) is 40.1 Å². The first-order valence-corrected chi connectivity index (χ1v) is 16.6. The number of rotatable bonds is 5. The third-order valence-electron chi connectivity index (χ3n) is 9.83. The van der Waals surface area contributed by atoms with Crippen molar-refractivity contribution in [2.45, 2.75) is 117 Å². The maximum atomic E-state index is 6.90. The van der Waals surface area contributed by atoms with Crippen molar-refractivity contribution in [2.24, 2.45) is 0 Å². The van der Waals surface area contributed by atoms with Crippen molar-refractivity contribution in [3.63, 3.8) is 0 Å². The van der Waals surface area contributed by atoms with Gasteiger partial charge in [-0.15, -0.1) is 0 Å². The molecule has 2 saturated heterocycles. The Morgan fingerprint density at radius 2 is 1.04 bits per heavy atom. The summed E-state index contributed by atoms with van der Waals surface area (Å²) in [7, 11) is -1.16. The molecular weight excluding hydrogens is 641 g/mol. The van der Waals surface area contributed by atoms with Crippen LogP contribution in [0.25, 0.3) is 11.1 Å². The van der Waals surface area contributed by atoms with Crippen LogP contribution in [0.4, 0.5) is 0 Å². The van der Waals surface area contributed by atoms with Crippen LogP contribution >= 0.6 is 0 Å². The second-order valence-corrected chi connectivity index (χ2v) is 15.5. The van der Waals surface area contributed by atoms with Gasteiger partial charge >= 0.3 is 14.2 Å². The molecule has 0 amide bonds. The molecule has 260 valence electrons. The SMILES string of the molecule is CC(C)(C)O[C@@H]1CC(B2OC(C)(C)C(C)(C)O2)=C(c2ccccc2)C(B2OC(C)(C)C(C)(C)O2)=C1c1ccccc1.[CH3-].[CH]1C=CC=C1.[Co]. The largest absolute Gasteiger partial charge is 0.495 e. The van der Waals surface area contributed by atoms with Crippen LogP contribution in [0.1, 0.15) is 93.7 Å². The monoisotopic (exact) mass is 695 g/mol. The normalized spacial score (nSPS) is 23.4. The Labute approximate surface area is 302 Å². The molecule has 0 N–H and O–H groups in total. The molecule has 0 unspecified atom stereocenters. The molecule has 0 spiro atoms. The van der Waals surface area contributed by atoms with E-state index in [1.54, 1.807) is 0 Å². The average molecular weight is 695 g/mol. The Morgan fingerprint density at radius 1 is 0.625 bits per heavy atom.